The van der Waals surface area contributed by atoms with Gasteiger partial charge in [-0.1, -0.05) is 12.1 Å². The van der Waals surface area contributed by atoms with Crippen LogP contribution in [0.15, 0.2) is 40.9 Å². The van der Waals surface area contributed by atoms with Crippen LogP contribution in [0.3, 0.4) is 0 Å². The number of hydrogen-bond donors (Lipinski definition) is 2. The van der Waals surface area contributed by atoms with E-state index in [1.54, 1.807) is 25.1 Å². The highest BCUT2D eigenvalue weighted by Gasteiger charge is 2.12. The van der Waals surface area contributed by atoms with Gasteiger partial charge in [0.25, 0.3) is 5.91 Å². The van der Waals surface area contributed by atoms with Crippen molar-refractivity contribution >= 4 is 27.5 Å². The highest BCUT2D eigenvalue weighted by molar-refractivity contribution is 9.10. The molecule has 3 nitrogen and oxygen atoms in total. The predicted molar refractivity (Wildman–Crippen MR) is 74.9 cm³/mol. The van der Waals surface area contributed by atoms with Crippen molar-refractivity contribution in [2.24, 2.45) is 0 Å². The molecule has 0 saturated carbocycles. The quantitative estimate of drug-likeness (QED) is 0.881. The molecule has 0 spiro atoms. The maximum absolute atomic E-state index is 13.6. The molecular formula is C14H11BrFNO2. The van der Waals surface area contributed by atoms with Gasteiger partial charge >= 0.3 is 0 Å². The van der Waals surface area contributed by atoms with Crippen LogP contribution in [0, 0.1) is 12.7 Å². The first kappa shape index (κ1) is 13.5. The lowest BCUT2D eigenvalue weighted by Gasteiger charge is -2.09. The van der Waals surface area contributed by atoms with E-state index in [9.17, 15) is 14.3 Å². The minimum absolute atomic E-state index is 0.0436. The van der Waals surface area contributed by atoms with E-state index in [0.29, 0.717) is 10.0 Å². The lowest BCUT2D eigenvalue weighted by Crippen LogP contribution is -2.13. The Morgan fingerprint density at radius 3 is 2.68 bits per heavy atom. The second kappa shape index (κ2) is 5.40. The van der Waals surface area contributed by atoms with Gasteiger partial charge in [0.1, 0.15) is 11.6 Å². The fourth-order valence-corrected chi connectivity index (χ4v) is 1.88. The number of carbonyl (C=O) groups excluding carboxylic acids is 1. The molecule has 2 aromatic rings. The summed E-state index contributed by atoms with van der Waals surface area (Å²) in [6, 6.07) is 8.97. The highest BCUT2D eigenvalue weighted by Crippen LogP contribution is 2.25. The van der Waals surface area contributed by atoms with Gasteiger partial charge in [0, 0.05) is 5.56 Å². The highest BCUT2D eigenvalue weighted by atomic mass is 79.9. The van der Waals surface area contributed by atoms with E-state index in [4.69, 9.17) is 0 Å². The number of carbonyl (C=O) groups is 1. The van der Waals surface area contributed by atoms with E-state index >= 15 is 0 Å². The molecule has 2 rings (SSSR count). The van der Waals surface area contributed by atoms with Gasteiger partial charge in [0.15, 0.2) is 0 Å². The summed E-state index contributed by atoms with van der Waals surface area (Å²) in [5, 5.41) is 12.0. The summed E-state index contributed by atoms with van der Waals surface area (Å²) >= 11 is 3.13. The summed E-state index contributed by atoms with van der Waals surface area (Å²) in [6.07, 6.45) is 0. The first-order valence-corrected chi connectivity index (χ1v) is 6.33. The average molecular weight is 324 g/mol. The normalized spacial score (nSPS) is 10.3. The minimum atomic E-state index is -0.491. The van der Waals surface area contributed by atoms with E-state index in [2.05, 4.69) is 21.2 Å². The second-order valence-corrected chi connectivity index (χ2v) is 4.91. The van der Waals surface area contributed by atoms with Crippen molar-refractivity contribution in [2.45, 2.75) is 6.92 Å². The summed E-state index contributed by atoms with van der Waals surface area (Å²) < 4.78 is 14.1. The van der Waals surface area contributed by atoms with E-state index in [1.165, 1.54) is 18.2 Å². The fraction of sp³-hybridized carbons (Fsp3) is 0.0714. The van der Waals surface area contributed by atoms with E-state index in [1.807, 2.05) is 0 Å². The van der Waals surface area contributed by atoms with Crippen molar-refractivity contribution in [1.29, 1.82) is 0 Å². The van der Waals surface area contributed by atoms with E-state index in [-0.39, 0.29) is 17.0 Å². The van der Waals surface area contributed by atoms with Gasteiger partial charge in [-0.05, 0) is 52.7 Å². The molecule has 0 aliphatic carbocycles. The fourth-order valence-electron chi connectivity index (χ4n) is 1.63. The summed E-state index contributed by atoms with van der Waals surface area (Å²) in [5.74, 6) is -1.01. The number of benzene rings is 2. The first-order valence-electron chi connectivity index (χ1n) is 5.54. The summed E-state index contributed by atoms with van der Waals surface area (Å²) in [7, 11) is 0. The van der Waals surface area contributed by atoms with Gasteiger partial charge in [-0.15, -0.1) is 0 Å². The molecule has 0 unspecified atom stereocenters. The topological polar surface area (TPSA) is 49.3 Å². The Hall–Kier alpha value is -1.88. The lowest BCUT2D eigenvalue weighted by molar-refractivity contribution is 0.102. The molecule has 0 aliphatic rings. The Labute approximate surface area is 118 Å². The standard InChI is InChI=1S/C14H11BrFNO2/c1-8-3-2-4-11(16)13(8)17-14(19)9-5-6-10(15)12(18)7-9/h2-7,18H,1H3,(H,17,19). The smallest absolute Gasteiger partial charge is 0.255 e. The number of nitrogens with one attached hydrogen (secondary N) is 1. The molecule has 0 fully saturated rings. The zero-order valence-electron chi connectivity index (χ0n) is 10.1. The van der Waals surface area contributed by atoms with Crippen molar-refractivity contribution in [2.75, 3.05) is 5.32 Å². The molecule has 0 bridgehead atoms. The zero-order valence-corrected chi connectivity index (χ0v) is 11.7. The molecule has 0 saturated heterocycles. The maximum Gasteiger partial charge on any atom is 0.255 e. The Morgan fingerprint density at radius 1 is 1.32 bits per heavy atom. The second-order valence-electron chi connectivity index (χ2n) is 4.05. The van der Waals surface area contributed by atoms with E-state index < -0.39 is 11.7 Å². The van der Waals surface area contributed by atoms with Crippen molar-refractivity contribution in [3.63, 3.8) is 0 Å². The molecule has 0 heterocycles. The van der Waals surface area contributed by atoms with Crippen molar-refractivity contribution in [3.05, 3.63) is 57.8 Å². The summed E-state index contributed by atoms with van der Waals surface area (Å²) in [6.45, 7) is 1.71. The number of aryl methyl sites for hydroxylation is 1. The number of halogens is 2. The lowest BCUT2D eigenvalue weighted by atomic mass is 10.1. The van der Waals surface area contributed by atoms with E-state index in [0.717, 1.165) is 0 Å². The molecule has 0 aliphatic heterocycles. The van der Waals surface area contributed by atoms with Crippen LogP contribution >= 0.6 is 15.9 Å². The Bertz CT molecular complexity index is 623. The van der Waals surface area contributed by atoms with Gasteiger partial charge in [-0.2, -0.15) is 0 Å². The Balaban J connectivity index is 2.28. The van der Waals surface area contributed by atoms with Crippen molar-refractivity contribution in [1.82, 2.24) is 0 Å². The first-order chi connectivity index (χ1) is 8.99. The molecule has 0 aromatic heterocycles. The molecule has 1 amide bonds. The molecule has 19 heavy (non-hydrogen) atoms. The third-order valence-electron chi connectivity index (χ3n) is 2.67. The third kappa shape index (κ3) is 2.93. The minimum Gasteiger partial charge on any atom is -0.507 e. The number of phenols is 1. The largest absolute Gasteiger partial charge is 0.507 e. The van der Waals surface area contributed by atoms with Crippen molar-refractivity contribution in [3.8, 4) is 5.75 Å². The summed E-state index contributed by atoms with van der Waals surface area (Å²) in [4.78, 5) is 12.0. The van der Waals surface area contributed by atoms with Crippen LogP contribution < -0.4 is 5.32 Å². The van der Waals surface area contributed by atoms with Gasteiger partial charge in [-0.25, -0.2) is 4.39 Å². The molecule has 98 valence electrons. The molecule has 5 heteroatoms. The van der Waals surface area contributed by atoms with Crippen molar-refractivity contribution < 1.29 is 14.3 Å². The van der Waals surface area contributed by atoms with Crippen LogP contribution in [-0.4, -0.2) is 11.0 Å². The van der Waals surface area contributed by atoms with Crippen LogP contribution in [0.2, 0.25) is 0 Å². The zero-order chi connectivity index (χ0) is 14.0. The van der Waals surface area contributed by atoms with Gasteiger partial charge in [-0.3, -0.25) is 4.79 Å². The molecule has 2 aromatic carbocycles. The molecule has 0 atom stereocenters. The SMILES string of the molecule is Cc1cccc(F)c1NC(=O)c1ccc(Br)c(O)c1. The number of rotatable bonds is 2. The Kier molecular flexibility index (Phi) is 3.85. The van der Waals surface area contributed by atoms with Crippen LogP contribution in [0.4, 0.5) is 10.1 Å². The monoisotopic (exact) mass is 323 g/mol. The molecule has 0 radical (unpaired) electrons. The Morgan fingerprint density at radius 2 is 2.05 bits per heavy atom. The van der Waals surface area contributed by atoms with Crippen LogP contribution in [-0.2, 0) is 0 Å². The summed E-state index contributed by atoms with van der Waals surface area (Å²) in [5.41, 5.74) is 1.04. The van der Waals surface area contributed by atoms with Crippen LogP contribution in [0.25, 0.3) is 0 Å². The number of phenolic OH excluding ortho intramolecular Hbond substituents is 1. The number of para-hydroxylation sites is 1. The van der Waals surface area contributed by atoms with Crippen LogP contribution in [0.1, 0.15) is 15.9 Å². The molecular weight excluding hydrogens is 313 g/mol. The number of anilines is 1. The van der Waals surface area contributed by atoms with Gasteiger partial charge in [0.2, 0.25) is 0 Å². The number of hydrogen-bond acceptors (Lipinski definition) is 2. The average Bonchev–Trinajstić information content (AvgIpc) is 2.37. The van der Waals surface area contributed by atoms with Crippen LogP contribution in [0.5, 0.6) is 5.75 Å². The molecule has 2 N–H and O–H groups in total. The number of amides is 1. The van der Waals surface area contributed by atoms with Gasteiger partial charge < -0.3 is 10.4 Å². The number of aromatic hydroxyl groups is 1. The maximum atomic E-state index is 13.6. The third-order valence-corrected chi connectivity index (χ3v) is 3.34. The van der Waals surface area contributed by atoms with Gasteiger partial charge in [0.05, 0.1) is 10.2 Å². The predicted octanol–water partition coefficient (Wildman–Crippen LogP) is 3.85.